The van der Waals surface area contributed by atoms with Crippen molar-refractivity contribution >= 4 is 12.1 Å². The monoisotopic (exact) mass is 289 g/mol. The molecule has 0 radical (unpaired) electrons. The van der Waals surface area contributed by atoms with E-state index in [4.69, 9.17) is 4.74 Å². The molecule has 1 heterocycles. The average Bonchev–Trinajstić information content (AvgIpc) is 2.90. The number of amides is 1. The fraction of sp³-hybridized carbons (Fsp3) is 0.375. The molecule has 1 N–H and O–H groups in total. The van der Waals surface area contributed by atoms with Gasteiger partial charge < -0.3 is 9.84 Å². The molecular weight excluding hydrogens is 270 g/mol. The fourth-order valence-corrected chi connectivity index (χ4v) is 2.40. The molecule has 1 amide bonds. The molecule has 0 saturated carbocycles. The van der Waals surface area contributed by atoms with Gasteiger partial charge in [0.15, 0.2) is 0 Å². The topological polar surface area (TPSA) is 66.8 Å². The van der Waals surface area contributed by atoms with Crippen molar-refractivity contribution in [3.05, 3.63) is 47.5 Å². The molecule has 21 heavy (non-hydrogen) atoms. The third-order valence-electron chi connectivity index (χ3n) is 3.42. The van der Waals surface area contributed by atoms with Crippen molar-refractivity contribution in [2.75, 3.05) is 6.54 Å². The largest absolute Gasteiger partial charge is 0.480 e. The highest BCUT2D eigenvalue weighted by molar-refractivity contribution is 5.81. The van der Waals surface area contributed by atoms with Crippen molar-refractivity contribution in [3.8, 4) is 0 Å². The zero-order valence-corrected chi connectivity index (χ0v) is 12.0. The van der Waals surface area contributed by atoms with Gasteiger partial charge >= 0.3 is 12.1 Å². The highest BCUT2D eigenvalue weighted by Crippen LogP contribution is 2.24. The van der Waals surface area contributed by atoms with Gasteiger partial charge in [-0.3, -0.25) is 4.90 Å². The van der Waals surface area contributed by atoms with Gasteiger partial charge in [0.1, 0.15) is 12.6 Å². The Morgan fingerprint density at radius 2 is 2.10 bits per heavy atom. The molecule has 1 atom stereocenters. The van der Waals surface area contributed by atoms with Crippen molar-refractivity contribution in [2.45, 2.75) is 32.4 Å². The van der Waals surface area contributed by atoms with Gasteiger partial charge in [-0.15, -0.1) is 0 Å². The van der Waals surface area contributed by atoms with Crippen LogP contribution in [0.2, 0.25) is 0 Å². The maximum atomic E-state index is 12.1. The predicted octanol–water partition coefficient (Wildman–Crippen LogP) is 2.82. The van der Waals surface area contributed by atoms with Gasteiger partial charge in [-0.25, -0.2) is 9.59 Å². The summed E-state index contributed by atoms with van der Waals surface area (Å²) in [5.74, 6) is -0.994. The molecule has 1 aromatic rings. The van der Waals surface area contributed by atoms with Gasteiger partial charge in [0.05, 0.1) is 0 Å². The number of likely N-dealkylation sites (tertiary alicyclic amines) is 1. The summed E-state index contributed by atoms with van der Waals surface area (Å²) in [6.07, 6.45) is 2.60. The molecule has 1 aliphatic rings. The Labute approximate surface area is 123 Å². The number of carbonyl (C=O) groups is 2. The van der Waals surface area contributed by atoms with Crippen LogP contribution in [-0.4, -0.2) is 34.7 Å². The lowest BCUT2D eigenvalue weighted by atomic mass is 10.1. The number of ether oxygens (including phenoxy) is 1. The lowest BCUT2D eigenvalue weighted by Crippen LogP contribution is -2.40. The standard InChI is InChI=1S/C16H19NO4/c1-2-6-13-9-14(15(18)19)17(10-13)16(20)21-11-12-7-4-3-5-8-12/h3-8,14H,2,9-11H2,1H3,(H,18,19)/t14-/m0/s1. The summed E-state index contributed by atoms with van der Waals surface area (Å²) in [7, 11) is 0. The van der Waals surface area contributed by atoms with Crippen LogP contribution in [0.15, 0.2) is 42.0 Å². The van der Waals surface area contributed by atoms with E-state index in [1.165, 1.54) is 4.90 Å². The Morgan fingerprint density at radius 1 is 1.38 bits per heavy atom. The molecule has 0 aromatic heterocycles. The average molecular weight is 289 g/mol. The minimum Gasteiger partial charge on any atom is -0.480 e. The molecule has 0 unspecified atom stereocenters. The van der Waals surface area contributed by atoms with E-state index in [0.29, 0.717) is 13.0 Å². The third kappa shape index (κ3) is 3.84. The Balaban J connectivity index is 1.99. The van der Waals surface area contributed by atoms with Crippen LogP contribution in [0, 0.1) is 0 Å². The van der Waals surface area contributed by atoms with Crippen molar-refractivity contribution in [2.24, 2.45) is 0 Å². The van der Waals surface area contributed by atoms with Crippen LogP contribution in [0.3, 0.4) is 0 Å². The Bertz CT molecular complexity index is 538. The maximum Gasteiger partial charge on any atom is 0.411 e. The highest BCUT2D eigenvalue weighted by Gasteiger charge is 2.37. The van der Waals surface area contributed by atoms with Gasteiger partial charge in [0, 0.05) is 13.0 Å². The molecule has 5 nitrogen and oxygen atoms in total. The van der Waals surface area contributed by atoms with Crippen LogP contribution < -0.4 is 0 Å². The number of rotatable bonds is 4. The van der Waals surface area contributed by atoms with Crippen LogP contribution >= 0.6 is 0 Å². The van der Waals surface area contributed by atoms with Crippen LogP contribution in [0.5, 0.6) is 0 Å². The minimum absolute atomic E-state index is 0.148. The van der Waals surface area contributed by atoms with Crippen LogP contribution in [0.1, 0.15) is 25.3 Å². The number of carboxylic acid groups (broad SMARTS) is 1. The Kier molecular flexibility index (Phi) is 4.98. The molecule has 112 valence electrons. The summed E-state index contributed by atoms with van der Waals surface area (Å²) in [4.78, 5) is 24.6. The zero-order chi connectivity index (χ0) is 15.2. The second kappa shape index (κ2) is 6.92. The summed E-state index contributed by atoms with van der Waals surface area (Å²) in [6, 6.07) is 8.49. The number of aliphatic carboxylic acids is 1. The summed E-state index contributed by atoms with van der Waals surface area (Å²) < 4.78 is 5.22. The quantitative estimate of drug-likeness (QED) is 0.865. The van der Waals surface area contributed by atoms with Crippen LogP contribution in [0.4, 0.5) is 4.79 Å². The van der Waals surface area contributed by atoms with Gasteiger partial charge in [-0.05, 0) is 12.0 Å². The predicted molar refractivity (Wildman–Crippen MR) is 77.7 cm³/mol. The molecule has 1 aliphatic heterocycles. The van der Waals surface area contributed by atoms with Gasteiger partial charge in [-0.1, -0.05) is 48.9 Å². The summed E-state index contributed by atoms with van der Waals surface area (Å²) >= 11 is 0. The second-order valence-corrected chi connectivity index (χ2v) is 5.00. The fourth-order valence-electron chi connectivity index (χ4n) is 2.40. The smallest absolute Gasteiger partial charge is 0.411 e. The van der Waals surface area contributed by atoms with Crippen LogP contribution in [0.25, 0.3) is 0 Å². The van der Waals surface area contributed by atoms with E-state index < -0.39 is 18.1 Å². The van der Waals surface area contributed by atoms with E-state index >= 15 is 0 Å². The first-order valence-electron chi connectivity index (χ1n) is 6.99. The second-order valence-electron chi connectivity index (χ2n) is 5.00. The molecule has 0 aliphatic carbocycles. The van der Waals surface area contributed by atoms with E-state index in [-0.39, 0.29) is 6.61 Å². The number of hydrogen-bond acceptors (Lipinski definition) is 3. The third-order valence-corrected chi connectivity index (χ3v) is 3.42. The summed E-state index contributed by atoms with van der Waals surface area (Å²) in [5, 5.41) is 9.23. The molecule has 1 saturated heterocycles. The first-order chi connectivity index (χ1) is 10.1. The van der Waals surface area contributed by atoms with Crippen molar-refractivity contribution in [1.29, 1.82) is 0 Å². The van der Waals surface area contributed by atoms with Crippen molar-refractivity contribution < 1.29 is 19.4 Å². The number of carbonyl (C=O) groups excluding carboxylic acids is 1. The van der Waals surface area contributed by atoms with Crippen molar-refractivity contribution in [3.63, 3.8) is 0 Å². The lowest BCUT2D eigenvalue weighted by molar-refractivity contribution is -0.141. The number of hydrogen-bond donors (Lipinski definition) is 1. The molecule has 1 aromatic carbocycles. The molecule has 0 bridgehead atoms. The number of carboxylic acids is 1. The normalized spacial score (nSPS) is 19.8. The molecule has 5 heteroatoms. The van der Waals surface area contributed by atoms with E-state index in [2.05, 4.69) is 0 Å². The van der Waals surface area contributed by atoms with Gasteiger partial charge in [0.2, 0.25) is 0 Å². The summed E-state index contributed by atoms with van der Waals surface area (Å²) in [5.41, 5.74) is 1.85. The molecule has 1 fully saturated rings. The number of allylic oxidation sites excluding steroid dienone is 1. The number of nitrogens with zero attached hydrogens (tertiary/aromatic N) is 1. The van der Waals surface area contributed by atoms with E-state index in [9.17, 15) is 14.7 Å². The van der Waals surface area contributed by atoms with E-state index in [1.54, 1.807) is 0 Å². The lowest BCUT2D eigenvalue weighted by Gasteiger charge is -2.20. The van der Waals surface area contributed by atoms with Crippen LogP contribution in [-0.2, 0) is 16.1 Å². The van der Waals surface area contributed by atoms with E-state index in [0.717, 1.165) is 17.6 Å². The minimum atomic E-state index is -0.994. The van der Waals surface area contributed by atoms with E-state index in [1.807, 2.05) is 43.3 Å². The first-order valence-corrected chi connectivity index (χ1v) is 6.99. The highest BCUT2D eigenvalue weighted by atomic mass is 16.6. The summed E-state index contributed by atoms with van der Waals surface area (Å²) in [6.45, 7) is 2.47. The number of benzene rings is 1. The first kappa shape index (κ1) is 15.1. The van der Waals surface area contributed by atoms with Gasteiger partial charge in [-0.2, -0.15) is 0 Å². The molecule has 0 spiro atoms. The maximum absolute atomic E-state index is 12.1. The molecular formula is C16H19NO4. The molecule has 2 rings (SSSR count). The SMILES string of the molecule is CCC=C1C[C@@H](C(=O)O)N(C(=O)OCc2ccccc2)C1. The van der Waals surface area contributed by atoms with Gasteiger partial charge in [0.25, 0.3) is 0 Å². The Morgan fingerprint density at radius 3 is 2.71 bits per heavy atom. The van der Waals surface area contributed by atoms with Crippen molar-refractivity contribution in [1.82, 2.24) is 4.90 Å². The Hall–Kier alpha value is -2.30. The zero-order valence-electron chi connectivity index (χ0n) is 12.0.